The van der Waals surface area contributed by atoms with Crippen LogP contribution in [-0.2, 0) is 9.59 Å². The normalized spacial score (nSPS) is 18.6. The van der Waals surface area contributed by atoms with Crippen molar-refractivity contribution >= 4 is 17.6 Å². The van der Waals surface area contributed by atoms with Crippen LogP contribution in [0.15, 0.2) is 24.3 Å². The molecule has 1 amide bonds. The number of anilines is 1. The molecule has 3 N–H and O–H groups in total. The van der Waals surface area contributed by atoms with Crippen LogP contribution in [0.5, 0.6) is 0 Å². The van der Waals surface area contributed by atoms with Crippen molar-refractivity contribution in [2.24, 2.45) is 0 Å². The number of benzene rings is 1. The fourth-order valence-electron chi connectivity index (χ4n) is 2.32. The molecule has 1 aliphatic rings. The summed E-state index contributed by atoms with van der Waals surface area (Å²) < 4.78 is 0. The van der Waals surface area contributed by atoms with Crippen LogP contribution in [0.2, 0.25) is 0 Å². The van der Waals surface area contributed by atoms with E-state index in [4.69, 9.17) is 5.11 Å². The summed E-state index contributed by atoms with van der Waals surface area (Å²) in [6.07, 6.45) is 0.402. The summed E-state index contributed by atoms with van der Waals surface area (Å²) in [5, 5.41) is 14.8. The molecule has 1 aliphatic heterocycles. The largest absolute Gasteiger partial charge is 0.480 e. The Morgan fingerprint density at radius 1 is 1.50 bits per heavy atom. The van der Waals surface area contributed by atoms with E-state index in [1.165, 1.54) is 6.92 Å². The maximum atomic E-state index is 11.1. The molecule has 0 aliphatic carbocycles. The van der Waals surface area contributed by atoms with Gasteiger partial charge in [0.05, 0.1) is 0 Å². The van der Waals surface area contributed by atoms with E-state index in [0.717, 1.165) is 11.3 Å². The quantitative estimate of drug-likeness (QED) is 0.747. The molecule has 0 fully saturated rings. The number of carboxylic acids is 1. The molecule has 0 aromatic heterocycles. The fraction of sp³-hybridized carbons (Fsp3) is 0.385. The van der Waals surface area contributed by atoms with Crippen molar-refractivity contribution in [3.63, 3.8) is 0 Å². The van der Waals surface area contributed by atoms with Crippen LogP contribution < -0.4 is 10.6 Å². The number of carboxylic acid groups (broad SMARTS) is 1. The van der Waals surface area contributed by atoms with E-state index in [1.54, 1.807) is 0 Å². The van der Waals surface area contributed by atoms with Crippen LogP contribution in [0.25, 0.3) is 0 Å². The number of rotatable bonds is 4. The molecule has 2 rings (SSSR count). The predicted octanol–water partition coefficient (Wildman–Crippen LogP) is 1.18. The van der Waals surface area contributed by atoms with E-state index in [0.29, 0.717) is 13.0 Å². The van der Waals surface area contributed by atoms with E-state index in [-0.39, 0.29) is 11.8 Å². The average molecular weight is 248 g/mol. The van der Waals surface area contributed by atoms with Gasteiger partial charge in [0.2, 0.25) is 5.91 Å². The number of fused-ring (bicyclic) bond motifs is 1. The maximum absolute atomic E-state index is 11.1. The Balaban J connectivity index is 2.09. The number of nitrogens with one attached hydrogen (secondary N) is 2. The van der Waals surface area contributed by atoms with Crippen molar-refractivity contribution in [2.75, 3.05) is 11.9 Å². The van der Waals surface area contributed by atoms with Gasteiger partial charge in [-0.25, -0.2) is 4.79 Å². The van der Waals surface area contributed by atoms with Gasteiger partial charge in [0, 0.05) is 25.1 Å². The van der Waals surface area contributed by atoms with Gasteiger partial charge in [0.15, 0.2) is 0 Å². The van der Waals surface area contributed by atoms with Crippen LogP contribution in [0.1, 0.15) is 24.8 Å². The van der Waals surface area contributed by atoms with Crippen LogP contribution >= 0.6 is 0 Å². The summed E-state index contributed by atoms with van der Waals surface area (Å²) in [4.78, 5) is 22.1. The standard InChI is InChI=1S/C13H16N2O3/c1-8(16)15-12(13(17)18)6-9-7-14-11-5-3-2-4-10(9)11/h2-5,9,12,14H,6-7H2,1H3,(H,15,16)(H,17,18). The maximum Gasteiger partial charge on any atom is 0.326 e. The van der Waals surface area contributed by atoms with Crippen LogP contribution in [-0.4, -0.2) is 29.6 Å². The molecular formula is C13H16N2O3. The number of para-hydroxylation sites is 1. The average Bonchev–Trinajstić information content (AvgIpc) is 2.71. The third-order valence-electron chi connectivity index (χ3n) is 3.14. The summed E-state index contributed by atoms with van der Waals surface area (Å²) in [6, 6.07) is 7.01. The molecule has 1 aromatic rings. The molecule has 0 bridgehead atoms. The summed E-state index contributed by atoms with van der Waals surface area (Å²) in [5.74, 6) is -1.19. The van der Waals surface area contributed by atoms with E-state index in [1.807, 2.05) is 24.3 Å². The Morgan fingerprint density at radius 2 is 2.22 bits per heavy atom. The first-order valence-electron chi connectivity index (χ1n) is 5.90. The zero-order valence-electron chi connectivity index (χ0n) is 10.1. The van der Waals surface area contributed by atoms with Crippen molar-refractivity contribution < 1.29 is 14.7 Å². The van der Waals surface area contributed by atoms with Gasteiger partial charge in [-0.15, -0.1) is 0 Å². The molecule has 5 heteroatoms. The Labute approximate surface area is 105 Å². The number of amides is 1. The molecule has 18 heavy (non-hydrogen) atoms. The van der Waals surface area contributed by atoms with Gasteiger partial charge in [-0.1, -0.05) is 18.2 Å². The van der Waals surface area contributed by atoms with Crippen LogP contribution in [0.4, 0.5) is 5.69 Å². The van der Waals surface area contributed by atoms with Gasteiger partial charge in [0.25, 0.3) is 0 Å². The highest BCUT2D eigenvalue weighted by Gasteiger charge is 2.28. The van der Waals surface area contributed by atoms with Gasteiger partial charge in [-0.05, 0) is 18.1 Å². The Bertz CT molecular complexity index is 473. The molecule has 0 saturated carbocycles. The van der Waals surface area contributed by atoms with Crippen LogP contribution in [0.3, 0.4) is 0 Å². The van der Waals surface area contributed by atoms with Crippen molar-refractivity contribution in [1.29, 1.82) is 0 Å². The first-order chi connectivity index (χ1) is 8.58. The van der Waals surface area contributed by atoms with Gasteiger partial charge >= 0.3 is 5.97 Å². The lowest BCUT2D eigenvalue weighted by Crippen LogP contribution is -2.40. The smallest absolute Gasteiger partial charge is 0.326 e. The Kier molecular flexibility index (Phi) is 3.50. The second-order valence-electron chi connectivity index (χ2n) is 4.49. The second kappa shape index (κ2) is 5.08. The number of carbonyl (C=O) groups excluding carboxylic acids is 1. The number of hydrogen-bond acceptors (Lipinski definition) is 3. The Hall–Kier alpha value is -2.04. The highest BCUT2D eigenvalue weighted by Crippen LogP contribution is 2.33. The lowest BCUT2D eigenvalue weighted by molar-refractivity contribution is -0.141. The van der Waals surface area contributed by atoms with E-state index in [2.05, 4.69) is 10.6 Å². The minimum Gasteiger partial charge on any atom is -0.480 e. The summed E-state index contributed by atoms with van der Waals surface area (Å²) >= 11 is 0. The molecule has 1 heterocycles. The molecule has 0 spiro atoms. The topological polar surface area (TPSA) is 78.4 Å². The number of aliphatic carboxylic acids is 1. The molecule has 96 valence electrons. The highest BCUT2D eigenvalue weighted by atomic mass is 16.4. The third-order valence-corrected chi connectivity index (χ3v) is 3.14. The van der Waals surface area contributed by atoms with Gasteiger partial charge < -0.3 is 15.7 Å². The molecule has 2 atom stereocenters. The molecule has 5 nitrogen and oxygen atoms in total. The van der Waals surface area contributed by atoms with Gasteiger partial charge in [-0.3, -0.25) is 4.79 Å². The summed E-state index contributed by atoms with van der Waals surface area (Å²) in [7, 11) is 0. The first kappa shape index (κ1) is 12.4. The zero-order chi connectivity index (χ0) is 13.1. The van der Waals surface area contributed by atoms with Crippen LogP contribution in [0, 0.1) is 0 Å². The first-order valence-corrected chi connectivity index (χ1v) is 5.90. The van der Waals surface area contributed by atoms with Gasteiger partial charge in [0.1, 0.15) is 6.04 Å². The van der Waals surface area contributed by atoms with Gasteiger partial charge in [-0.2, -0.15) is 0 Å². The van der Waals surface area contributed by atoms with Crippen molar-refractivity contribution in [3.8, 4) is 0 Å². The van der Waals surface area contributed by atoms with Crippen molar-refractivity contribution in [2.45, 2.75) is 25.3 Å². The SMILES string of the molecule is CC(=O)NC(CC1CNc2ccccc21)C(=O)O. The summed E-state index contributed by atoms with van der Waals surface area (Å²) in [6.45, 7) is 2.04. The minimum atomic E-state index is -0.991. The minimum absolute atomic E-state index is 0.120. The zero-order valence-corrected chi connectivity index (χ0v) is 10.1. The summed E-state index contributed by atoms with van der Waals surface area (Å²) in [5.41, 5.74) is 2.17. The monoisotopic (exact) mass is 248 g/mol. The van der Waals surface area contributed by atoms with E-state index < -0.39 is 12.0 Å². The lowest BCUT2D eigenvalue weighted by atomic mass is 9.94. The van der Waals surface area contributed by atoms with E-state index in [9.17, 15) is 9.59 Å². The molecule has 2 unspecified atom stereocenters. The molecule has 0 radical (unpaired) electrons. The number of carbonyl (C=O) groups is 2. The third kappa shape index (κ3) is 2.61. The number of hydrogen-bond donors (Lipinski definition) is 3. The predicted molar refractivity (Wildman–Crippen MR) is 67.5 cm³/mol. The van der Waals surface area contributed by atoms with Crippen molar-refractivity contribution in [3.05, 3.63) is 29.8 Å². The fourth-order valence-corrected chi connectivity index (χ4v) is 2.32. The molecular weight excluding hydrogens is 232 g/mol. The van der Waals surface area contributed by atoms with E-state index >= 15 is 0 Å². The highest BCUT2D eigenvalue weighted by molar-refractivity contribution is 5.82. The molecule has 0 saturated heterocycles. The second-order valence-corrected chi connectivity index (χ2v) is 4.49. The molecule has 1 aromatic carbocycles. The lowest BCUT2D eigenvalue weighted by Gasteiger charge is -2.17. The van der Waals surface area contributed by atoms with Crippen molar-refractivity contribution in [1.82, 2.24) is 5.32 Å². The Morgan fingerprint density at radius 3 is 2.89 bits per heavy atom.